The van der Waals surface area contributed by atoms with Crippen LogP contribution in [-0.4, -0.2) is 37.1 Å². The van der Waals surface area contributed by atoms with Gasteiger partial charge in [-0.1, -0.05) is 37.6 Å². The molecule has 0 bridgehead atoms. The van der Waals surface area contributed by atoms with Crippen LogP contribution in [0.3, 0.4) is 0 Å². The molecule has 0 saturated carbocycles. The molecule has 1 N–H and O–H groups in total. The summed E-state index contributed by atoms with van der Waals surface area (Å²) in [6.45, 7) is 7.46. The molecule has 3 rings (SSSR count). The summed E-state index contributed by atoms with van der Waals surface area (Å²) in [5.41, 5.74) is 3.10. The monoisotopic (exact) mass is 272 g/mol. The highest BCUT2D eigenvalue weighted by atomic mass is 15.1. The first kappa shape index (κ1) is 14.1. The van der Waals surface area contributed by atoms with Gasteiger partial charge in [0.2, 0.25) is 0 Å². The van der Waals surface area contributed by atoms with Crippen molar-refractivity contribution < 1.29 is 0 Å². The Morgan fingerprint density at radius 2 is 1.75 bits per heavy atom. The highest BCUT2D eigenvalue weighted by Crippen LogP contribution is 2.21. The van der Waals surface area contributed by atoms with Crippen LogP contribution in [0.1, 0.15) is 37.3 Å². The molecular weight excluding hydrogens is 244 g/mol. The number of benzene rings is 1. The zero-order chi connectivity index (χ0) is 13.8. The summed E-state index contributed by atoms with van der Waals surface area (Å²) >= 11 is 0. The Morgan fingerprint density at radius 3 is 2.40 bits per heavy atom. The summed E-state index contributed by atoms with van der Waals surface area (Å²) in [6.07, 6.45) is 6.67. The Kier molecular flexibility index (Phi) is 4.74. The molecule has 0 spiro atoms. The van der Waals surface area contributed by atoms with Gasteiger partial charge in [0.25, 0.3) is 0 Å². The number of rotatable bonds is 5. The molecule has 1 aromatic rings. The molecule has 20 heavy (non-hydrogen) atoms. The second kappa shape index (κ2) is 6.73. The van der Waals surface area contributed by atoms with E-state index in [-0.39, 0.29) is 0 Å². The molecule has 1 aromatic carbocycles. The number of hydrogen-bond acceptors (Lipinski definition) is 2. The van der Waals surface area contributed by atoms with Crippen molar-refractivity contribution in [1.82, 2.24) is 10.2 Å². The Morgan fingerprint density at radius 1 is 1.10 bits per heavy atom. The van der Waals surface area contributed by atoms with Gasteiger partial charge in [-0.2, -0.15) is 0 Å². The van der Waals surface area contributed by atoms with Gasteiger partial charge >= 0.3 is 0 Å². The quantitative estimate of drug-likeness (QED) is 0.886. The van der Waals surface area contributed by atoms with Gasteiger partial charge in [-0.15, -0.1) is 0 Å². The minimum absolute atomic E-state index is 0.663. The van der Waals surface area contributed by atoms with E-state index in [9.17, 15) is 0 Å². The highest BCUT2D eigenvalue weighted by molar-refractivity contribution is 5.33. The van der Waals surface area contributed by atoms with E-state index in [0.717, 1.165) is 12.5 Å². The lowest BCUT2D eigenvalue weighted by Gasteiger charge is -2.29. The molecule has 1 unspecified atom stereocenters. The summed E-state index contributed by atoms with van der Waals surface area (Å²) < 4.78 is 0. The summed E-state index contributed by atoms with van der Waals surface area (Å²) in [7, 11) is 0. The van der Waals surface area contributed by atoms with E-state index >= 15 is 0 Å². The SMILES string of the molecule is CC(CNC1Cc2ccccc2C1)CN1CCCCC1. The molecule has 1 saturated heterocycles. The van der Waals surface area contributed by atoms with Gasteiger partial charge in [-0.05, 0) is 62.4 Å². The molecule has 110 valence electrons. The standard InChI is InChI=1S/C18H28N2/c1-15(14-20-9-5-2-6-10-20)13-19-18-11-16-7-3-4-8-17(16)12-18/h3-4,7-8,15,18-19H,2,5-6,9-14H2,1H3. The van der Waals surface area contributed by atoms with E-state index < -0.39 is 0 Å². The van der Waals surface area contributed by atoms with Crippen LogP contribution in [0.25, 0.3) is 0 Å². The van der Waals surface area contributed by atoms with Gasteiger partial charge in [0.15, 0.2) is 0 Å². The van der Waals surface area contributed by atoms with Crippen LogP contribution in [0.4, 0.5) is 0 Å². The van der Waals surface area contributed by atoms with Crippen molar-refractivity contribution in [2.45, 2.75) is 45.1 Å². The predicted octanol–water partition coefficient (Wildman–Crippen LogP) is 2.87. The molecular formula is C18H28N2. The van der Waals surface area contributed by atoms with Crippen LogP contribution in [0, 0.1) is 5.92 Å². The molecule has 1 atom stereocenters. The van der Waals surface area contributed by atoms with Crippen molar-refractivity contribution in [3.63, 3.8) is 0 Å². The van der Waals surface area contributed by atoms with Crippen LogP contribution >= 0.6 is 0 Å². The average molecular weight is 272 g/mol. The molecule has 1 heterocycles. The molecule has 2 aliphatic rings. The fourth-order valence-corrected chi connectivity index (χ4v) is 3.72. The number of nitrogens with zero attached hydrogens (tertiary/aromatic N) is 1. The zero-order valence-electron chi connectivity index (χ0n) is 12.8. The van der Waals surface area contributed by atoms with E-state index in [4.69, 9.17) is 0 Å². The highest BCUT2D eigenvalue weighted by Gasteiger charge is 2.21. The lowest BCUT2D eigenvalue weighted by Crippen LogP contribution is -2.39. The van der Waals surface area contributed by atoms with Crippen molar-refractivity contribution in [2.24, 2.45) is 5.92 Å². The maximum atomic E-state index is 3.79. The lowest BCUT2D eigenvalue weighted by molar-refractivity contribution is 0.197. The van der Waals surface area contributed by atoms with Crippen molar-refractivity contribution in [3.05, 3.63) is 35.4 Å². The summed E-state index contributed by atoms with van der Waals surface area (Å²) in [4.78, 5) is 2.65. The van der Waals surface area contributed by atoms with Crippen LogP contribution in [0.2, 0.25) is 0 Å². The van der Waals surface area contributed by atoms with Crippen LogP contribution in [-0.2, 0) is 12.8 Å². The number of nitrogens with one attached hydrogen (secondary N) is 1. The number of fused-ring (bicyclic) bond motifs is 1. The Labute approximate surface area is 123 Å². The summed E-state index contributed by atoms with van der Waals surface area (Å²) in [5, 5.41) is 3.79. The Hall–Kier alpha value is -0.860. The first-order valence-corrected chi connectivity index (χ1v) is 8.34. The molecule has 2 nitrogen and oxygen atoms in total. The van der Waals surface area contributed by atoms with Gasteiger partial charge in [-0.25, -0.2) is 0 Å². The third-order valence-corrected chi connectivity index (χ3v) is 4.82. The maximum absolute atomic E-state index is 3.79. The predicted molar refractivity (Wildman–Crippen MR) is 85.1 cm³/mol. The molecule has 1 aliphatic heterocycles. The fraction of sp³-hybridized carbons (Fsp3) is 0.667. The third-order valence-electron chi connectivity index (χ3n) is 4.82. The van der Waals surface area contributed by atoms with Gasteiger partial charge in [0, 0.05) is 12.6 Å². The lowest BCUT2D eigenvalue weighted by atomic mass is 10.1. The minimum Gasteiger partial charge on any atom is -0.313 e. The molecule has 1 aliphatic carbocycles. The normalized spacial score (nSPS) is 21.9. The maximum Gasteiger partial charge on any atom is 0.0148 e. The van der Waals surface area contributed by atoms with Gasteiger partial charge < -0.3 is 10.2 Å². The molecule has 0 radical (unpaired) electrons. The van der Waals surface area contributed by atoms with Crippen LogP contribution < -0.4 is 5.32 Å². The average Bonchev–Trinajstić information content (AvgIpc) is 2.89. The smallest absolute Gasteiger partial charge is 0.0148 e. The molecule has 1 fully saturated rings. The van der Waals surface area contributed by atoms with Gasteiger partial charge in [0.1, 0.15) is 0 Å². The largest absolute Gasteiger partial charge is 0.313 e. The number of piperidine rings is 1. The second-order valence-corrected chi connectivity index (χ2v) is 6.75. The molecule has 2 heteroatoms. The molecule has 0 amide bonds. The van der Waals surface area contributed by atoms with E-state index in [1.165, 1.54) is 51.7 Å². The number of likely N-dealkylation sites (tertiary alicyclic amines) is 1. The first-order chi connectivity index (χ1) is 9.81. The fourth-order valence-electron chi connectivity index (χ4n) is 3.72. The summed E-state index contributed by atoms with van der Waals surface area (Å²) in [5.74, 6) is 0.761. The van der Waals surface area contributed by atoms with Crippen LogP contribution in [0.15, 0.2) is 24.3 Å². The van der Waals surface area contributed by atoms with Gasteiger partial charge in [-0.3, -0.25) is 0 Å². The van der Waals surface area contributed by atoms with E-state index in [1.54, 1.807) is 11.1 Å². The third kappa shape index (κ3) is 3.62. The van der Waals surface area contributed by atoms with Crippen molar-refractivity contribution >= 4 is 0 Å². The number of hydrogen-bond donors (Lipinski definition) is 1. The van der Waals surface area contributed by atoms with Gasteiger partial charge in [0.05, 0.1) is 0 Å². The van der Waals surface area contributed by atoms with E-state index in [0.29, 0.717) is 6.04 Å². The van der Waals surface area contributed by atoms with Crippen molar-refractivity contribution in [1.29, 1.82) is 0 Å². The topological polar surface area (TPSA) is 15.3 Å². The van der Waals surface area contributed by atoms with E-state index in [2.05, 4.69) is 41.4 Å². The summed E-state index contributed by atoms with van der Waals surface area (Å²) in [6, 6.07) is 9.57. The minimum atomic E-state index is 0.663. The second-order valence-electron chi connectivity index (χ2n) is 6.75. The van der Waals surface area contributed by atoms with Crippen LogP contribution in [0.5, 0.6) is 0 Å². The van der Waals surface area contributed by atoms with Crippen molar-refractivity contribution in [3.8, 4) is 0 Å². The Bertz CT molecular complexity index is 398. The molecule has 0 aromatic heterocycles. The van der Waals surface area contributed by atoms with Crippen molar-refractivity contribution in [2.75, 3.05) is 26.2 Å². The Balaban J connectivity index is 1.39. The zero-order valence-corrected chi connectivity index (χ0v) is 12.8. The van der Waals surface area contributed by atoms with E-state index in [1.807, 2.05) is 0 Å². The first-order valence-electron chi connectivity index (χ1n) is 8.34.